The molecule has 0 saturated carbocycles. The predicted octanol–water partition coefficient (Wildman–Crippen LogP) is 0.181. The molecule has 0 radical (unpaired) electrons. The van der Waals surface area contributed by atoms with Crippen molar-refractivity contribution in [2.75, 3.05) is 40.1 Å². The van der Waals surface area contributed by atoms with E-state index in [0.717, 1.165) is 18.5 Å². The van der Waals surface area contributed by atoms with Crippen LogP contribution in [0.25, 0.3) is 0 Å². The molecule has 0 aliphatic carbocycles. The summed E-state index contributed by atoms with van der Waals surface area (Å²) in [7, 11) is 3.26. The first-order chi connectivity index (χ1) is 10.4. The maximum Gasteiger partial charge on any atom is 0.282 e. The Morgan fingerprint density at radius 1 is 1.36 bits per heavy atom. The molecule has 2 N–H and O–H groups in total. The molecule has 1 unspecified atom stereocenters. The van der Waals surface area contributed by atoms with E-state index in [0.29, 0.717) is 24.7 Å². The largest absolute Gasteiger partial charge is 0.373 e. The summed E-state index contributed by atoms with van der Waals surface area (Å²) in [5, 5.41) is 6.06. The first kappa shape index (κ1) is 17.1. The highest BCUT2D eigenvalue weighted by molar-refractivity contribution is 7.86. The van der Waals surface area contributed by atoms with E-state index < -0.39 is 10.2 Å². The molecule has 8 nitrogen and oxygen atoms in total. The van der Waals surface area contributed by atoms with Gasteiger partial charge >= 0.3 is 0 Å². The fourth-order valence-electron chi connectivity index (χ4n) is 2.55. The van der Waals surface area contributed by atoms with Crippen molar-refractivity contribution in [3.05, 3.63) is 17.6 Å². The van der Waals surface area contributed by atoms with Crippen LogP contribution in [0.2, 0.25) is 0 Å². The van der Waals surface area contributed by atoms with Crippen molar-refractivity contribution in [1.82, 2.24) is 23.9 Å². The van der Waals surface area contributed by atoms with E-state index in [-0.39, 0.29) is 6.04 Å². The van der Waals surface area contributed by atoms with Gasteiger partial charge in [-0.3, -0.25) is 0 Å². The summed E-state index contributed by atoms with van der Waals surface area (Å²) >= 11 is 0. The number of nitrogens with one attached hydrogen (secondary N) is 2. The first-order valence-electron chi connectivity index (χ1n) is 7.29. The van der Waals surface area contributed by atoms with E-state index in [9.17, 15) is 8.42 Å². The SMILES string of the molecule is CNCc1cc(NC)nc(C2CCCN2S(=O)(=O)N(C)C)n1. The summed E-state index contributed by atoms with van der Waals surface area (Å²) < 4.78 is 27.6. The van der Waals surface area contributed by atoms with Gasteiger partial charge in [-0.15, -0.1) is 0 Å². The van der Waals surface area contributed by atoms with Crippen molar-refractivity contribution in [3.8, 4) is 0 Å². The number of rotatable bonds is 6. The number of aromatic nitrogens is 2. The Kier molecular flexibility index (Phi) is 5.32. The third kappa shape index (κ3) is 3.37. The molecule has 9 heteroatoms. The lowest BCUT2D eigenvalue weighted by Gasteiger charge is -2.26. The number of hydrogen-bond acceptors (Lipinski definition) is 6. The molecule has 1 saturated heterocycles. The molecule has 1 atom stereocenters. The number of nitrogens with zero attached hydrogens (tertiary/aromatic N) is 4. The lowest BCUT2D eigenvalue weighted by Crippen LogP contribution is -2.40. The van der Waals surface area contributed by atoms with Gasteiger partial charge in [-0.2, -0.15) is 17.0 Å². The minimum Gasteiger partial charge on any atom is -0.373 e. The fraction of sp³-hybridized carbons (Fsp3) is 0.692. The molecule has 2 heterocycles. The zero-order valence-corrected chi connectivity index (χ0v) is 14.3. The van der Waals surface area contributed by atoms with Gasteiger partial charge in [-0.1, -0.05) is 0 Å². The van der Waals surface area contributed by atoms with Crippen LogP contribution in [-0.2, 0) is 16.8 Å². The second-order valence-electron chi connectivity index (χ2n) is 5.44. The zero-order chi connectivity index (χ0) is 16.3. The van der Waals surface area contributed by atoms with E-state index >= 15 is 0 Å². The smallest absolute Gasteiger partial charge is 0.282 e. The Balaban J connectivity index is 2.39. The van der Waals surface area contributed by atoms with E-state index in [2.05, 4.69) is 20.6 Å². The molecule has 1 fully saturated rings. The lowest BCUT2D eigenvalue weighted by molar-refractivity contribution is 0.352. The van der Waals surface area contributed by atoms with Crippen molar-refractivity contribution < 1.29 is 8.42 Å². The summed E-state index contributed by atoms with van der Waals surface area (Å²) in [6.07, 6.45) is 1.55. The highest BCUT2D eigenvalue weighted by Crippen LogP contribution is 2.33. The summed E-state index contributed by atoms with van der Waals surface area (Å²) in [6, 6.07) is 1.55. The molecule has 22 heavy (non-hydrogen) atoms. The minimum absolute atomic E-state index is 0.309. The molecule has 0 bridgehead atoms. The minimum atomic E-state index is -3.47. The van der Waals surface area contributed by atoms with Crippen LogP contribution in [0.1, 0.15) is 30.4 Å². The number of anilines is 1. The Bertz CT molecular complexity index is 619. The first-order valence-corrected chi connectivity index (χ1v) is 8.69. The van der Waals surface area contributed by atoms with Crippen molar-refractivity contribution in [2.45, 2.75) is 25.4 Å². The summed E-state index contributed by atoms with van der Waals surface area (Å²) in [6.45, 7) is 1.11. The Morgan fingerprint density at radius 3 is 2.68 bits per heavy atom. The monoisotopic (exact) mass is 328 g/mol. The quantitative estimate of drug-likeness (QED) is 0.774. The second kappa shape index (κ2) is 6.86. The van der Waals surface area contributed by atoms with Gasteiger partial charge in [0.05, 0.1) is 11.7 Å². The summed E-state index contributed by atoms with van der Waals surface area (Å²) in [5.41, 5.74) is 0.839. The third-order valence-corrected chi connectivity index (χ3v) is 5.62. The molecule has 1 aliphatic rings. The summed E-state index contributed by atoms with van der Waals surface area (Å²) in [4.78, 5) is 9.00. The molecule has 0 spiro atoms. The van der Waals surface area contributed by atoms with E-state index in [1.165, 1.54) is 8.61 Å². The molecular formula is C13H24N6O2S. The van der Waals surface area contributed by atoms with Crippen LogP contribution in [0.4, 0.5) is 5.82 Å². The highest BCUT2D eigenvalue weighted by Gasteiger charge is 2.38. The van der Waals surface area contributed by atoms with Crippen molar-refractivity contribution in [2.24, 2.45) is 0 Å². The predicted molar refractivity (Wildman–Crippen MR) is 85.6 cm³/mol. The van der Waals surface area contributed by atoms with Crippen LogP contribution in [0, 0.1) is 0 Å². The summed E-state index contributed by atoms with van der Waals surface area (Å²) in [5.74, 6) is 1.25. The zero-order valence-electron chi connectivity index (χ0n) is 13.5. The van der Waals surface area contributed by atoms with Gasteiger partial charge in [0.1, 0.15) is 11.6 Å². The van der Waals surface area contributed by atoms with Gasteiger partial charge in [-0.05, 0) is 19.9 Å². The van der Waals surface area contributed by atoms with Crippen LogP contribution in [0.15, 0.2) is 6.07 Å². The Hall–Kier alpha value is -1.29. The molecule has 1 aliphatic heterocycles. The van der Waals surface area contributed by atoms with Gasteiger partial charge in [0.2, 0.25) is 0 Å². The van der Waals surface area contributed by atoms with Crippen LogP contribution in [0.3, 0.4) is 0 Å². The van der Waals surface area contributed by atoms with Gasteiger partial charge in [0, 0.05) is 40.3 Å². The topological polar surface area (TPSA) is 90.5 Å². The van der Waals surface area contributed by atoms with Crippen LogP contribution < -0.4 is 10.6 Å². The van der Waals surface area contributed by atoms with Gasteiger partial charge in [0.25, 0.3) is 10.2 Å². The molecular weight excluding hydrogens is 304 g/mol. The van der Waals surface area contributed by atoms with Gasteiger partial charge < -0.3 is 10.6 Å². The van der Waals surface area contributed by atoms with Crippen LogP contribution in [0.5, 0.6) is 0 Å². The van der Waals surface area contributed by atoms with Gasteiger partial charge in [0.15, 0.2) is 0 Å². The maximum atomic E-state index is 12.4. The van der Waals surface area contributed by atoms with Crippen LogP contribution in [-0.4, -0.2) is 61.7 Å². The normalized spacial score (nSPS) is 19.8. The second-order valence-corrected chi connectivity index (χ2v) is 7.54. The maximum absolute atomic E-state index is 12.4. The van der Waals surface area contributed by atoms with E-state index in [4.69, 9.17) is 0 Å². The Labute approximate surface area is 132 Å². The Morgan fingerprint density at radius 2 is 2.09 bits per heavy atom. The highest BCUT2D eigenvalue weighted by atomic mass is 32.2. The average molecular weight is 328 g/mol. The van der Waals surface area contributed by atoms with E-state index in [1.54, 1.807) is 21.1 Å². The third-order valence-electron chi connectivity index (χ3n) is 3.67. The molecule has 0 amide bonds. The number of hydrogen-bond donors (Lipinski definition) is 2. The molecule has 0 aromatic carbocycles. The average Bonchev–Trinajstić information content (AvgIpc) is 2.97. The molecule has 1 aromatic rings. The van der Waals surface area contributed by atoms with E-state index in [1.807, 2.05) is 13.1 Å². The molecule has 124 valence electrons. The lowest BCUT2D eigenvalue weighted by atomic mass is 10.2. The van der Waals surface area contributed by atoms with Crippen molar-refractivity contribution in [1.29, 1.82) is 0 Å². The molecule has 2 rings (SSSR count). The van der Waals surface area contributed by atoms with Gasteiger partial charge in [-0.25, -0.2) is 9.97 Å². The molecule has 1 aromatic heterocycles. The van der Waals surface area contributed by atoms with Crippen molar-refractivity contribution >= 4 is 16.0 Å². The van der Waals surface area contributed by atoms with Crippen LogP contribution >= 0.6 is 0 Å². The van der Waals surface area contributed by atoms with Crippen molar-refractivity contribution in [3.63, 3.8) is 0 Å². The fourth-order valence-corrected chi connectivity index (χ4v) is 3.85. The standard InChI is InChI=1S/C13H24N6O2S/c1-14-9-10-8-12(15-2)17-13(16-10)11-6-5-7-19(11)22(20,21)18(3)4/h8,11,14H,5-7,9H2,1-4H3,(H,15,16,17).